The molecule has 0 aromatic rings. The second kappa shape index (κ2) is 4.12. The van der Waals surface area contributed by atoms with Crippen molar-refractivity contribution in [3.63, 3.8) is 0 Å². The molecule has 0 unspecified atom stereocenters. The van der Waals surface area contributed by atoms with Gasteiger partial charge in [-0.15, -0.1) is 11.6 Å². The Balaban J connectivity index is 3.56. The van der Waals surface area contributed by atoms with E-state index in [4.69, 9.17) is 16.7 Å². The largest absolute Gasteiger partial charge is 0.389 e. The van der Waals surface area contributed by atoms with E-state index in [0.717, 1.165) is 6.26 Å². The fraction of sp³-hybridized carbons (Fsp3) is 1.00. The summed E-state index contributed by atoms with van der Waals surface area (Å²) in [5.41, 5.74) is 0. The minimum atomic E-state index is -3.45. The van der Waals surface area contributed by atoms with E-state index >= 15 is 0 Å². The van der Waals surface area contributed by atoms with Crippen LogP contribution in [0.4, 0.5) is 0 Å². The third-order valence-electron chi connectivity index (χ3n) is 0.653. The number of aliphatic hydroxyl groups is 1. The monoisotopic (exact) mass is 188 g/mol. The zero-order valence-electron chi connectivity index (χ0n) is 5.45. The van der Waals surface area contributed by atoms with E-state index in [0.29, 0.717) is 0 Å². The second-order valence-electron chi connectivity index (χ2n) is 1.80. The first-order valence-corrected chi connectivity index (χ1v) is 4.89. The van der Waals surface area contributed by atoms with E-state index in [2.05, 4.69) is 4.18 Å². The van der Waals surface area contributed by atoms with Crippen LogP contribution in [0.3, 0.4) is 0 Å². The molecule has 10 heavy (non-hydrogen) atoms. The Hall–Kier alpha value is 0.160. The summed E-state index contributed by atoms with van der Waals surface area (Å²) in [6.45, 7) is -0.275. The fourth-order valence-corrected chi connectivity index (χ4v) is 0.740. The molecule has 0 aliphatic carbocycles. The molecule has 0 aliphatic heterocycles. The van der Waals surface area contributed by atoms with E-state index in [1.165, 1.54) is 0 Å². The summed E-state index contributed by atoms with van der Waals surface area (Å²) in [5, 5.41) is 8.70. The van der Waals surface area contributed by atoms with Crippen molar-refractivity contribution in [1.82, 2.24) is 0 Å². The highest BCUT2D eigenvalue weighted by molar-refractivity contribution is 7.85. The van der Waals surface area contributed by atoms with Gasteiger partial charge in [-0.1, -0.05) is 0 Å². The molecule has 0 aromatic heterocycles. The first-order valence-electron chi connectivity index (χ1n) is 2.54. The van der Waals surface area contributed by atoms with Gasteiger partial charge < -0.3 is 5.11 Å². The lowest BCUT2D eigenvalue weighted by molar-refractivity contribution is 0.129. The third kappa shape index (κ3) is 6.28. The molecule has 0 rings (SSSR count). The number of aliphatic hydroxyl groups excluding tert-OH is 1. The van der Waals surface area contributed by atoms with Gasteiger partial charge in [0.15, 0.2) is 0 Å². The van der Waals surface area contributed by atoms with Crippen LogP contribution in [0.1, 0.15) is 0 Å². The van der Waals surface area contributed by atoms with Crippen LogP contribution in [0.2, 0.25) is 0 Å². The molecule has 0 radical (unpaired) electrons. The summed E-state index contributed by atoms with van der Waals surface area (Å²) in [7, 11) is -3.45. The lowest BCUT2D eigenvalue weighted by Crippen LogP contribution is -2.19. The van der Waals surface area contributed by atoms with Crippen LogP contribution in [0.5, 0.6) is 0 Å². The Morgan fingerprint density at radius 3 is 2.50 bits per heavy atom. The van der Waals surface area contributed by atoms with Crippen molar-refractivity contribution < 1.29 is 17.7 Å². The highest BCUT2D eigenvalue weighted by atomic mass is 35.5. The maximum atomic E-state index is 10.3. The van der Waals surface area contributed by atoms with Gasteiger partial charge in [-0.2, -0.15) is 8.42 Å². The summed E-state index contributed by atoms with van der Waals surface area (Å²) in [6, 6.07) is 0. The number of alkyl halides is 1. The van der Waals surface area contributed by atoms with Gasteiger partial charge in [0.1, 0.15) is 0 Å². The molecule has 6 heteroatoms. The minimum absolute atomic E-state index is 0.0322. The van der Waals surface area contributed by atoms with Crippen molar-refractivity contribution in [2.24, 2.45) is 0 Å². The molecule has 62 valence electrons. The van der Waals surface area contributed by atoms with Crippen molar-refractivity contribution >= 4 is 21.7 Å². The Bertz CT molecular complexity index is 176. The smallest absolute Gasteiger partial charge is 0.264 e. The van der Waals surface area contributed by atoms with Crippen molar-refractivity contribution in [1.29, 1.82) is 0 Å². The molecular weight excluding hydrogens is 180 g/mol. The first kappa shape index (κ1) is 10.2. The van der Waals surface area contributed by atoms with Gasteiger partial charge in [-0.25, -0.2) is 0 Å². The zero-order valence-corrected chi connectivity index (χ0v) is 7.02. The average molecular weight is 189 g/mol. The van der Waals surface area contributed by atoms with Gasteiger partial charge >= 0.3 is 0 Å². The van der Waals surface area contributed by atoms with Crippen LogP contribution in [0, 0.1) is 0 Å². The summed E-state index contributed by atoms with van der Waals surface area (Å²) >= 11 is 5.16. The van der Waals surface area contributed by atoms with Crippen LogP contribution >= 0.6 is 11.6 Å². The fourth-order valence-electron chi connectivity index (χ4n) is 0.247. The molecule has 0 amide bonds. The lowest BCUT2D eigenvalue weighted by atomic mass is 10.4. The standard InChI is InChI=1S/C4H9ClO4S/c1-10(7,8)9-3-4(6)2-5/h4,6H,2-3H2,1H3/t4-/m0/s1. The molecule has 1 atom stereocenters. The molecule has 0 aromatic carbocycles. The summed E-state index contributed by atoms with van der Waals surface area (Å²) in [6.07, 6.45) is -0.00934. The Labute approximate surface area is 64.9 Å². The molecule has 0 saturated carbocycles. The van der Waals surface area contributed by atoms with Crippen LogP contribution in [-0.2, 0) is 14.3 Å². The predicted molar refractivity (Wildman–Crippen MR) is 37.5 cm³/mol. The Morgan fingerprint density at radius 1 is 1.70 bits per heavy atom. The molecule has 0 bridgehead atoms. The normalized spacial score (nSPS) is 15.1. The maximum absolute atomic E-state index is 10.3. The summed E-state index contributed by atoms with van der Waals surface area (Å²) in [4.78, 5) is 0. The van der Waals surface area contributed by atoms with Gasteiger partial charge in [0.2, 0.25) is 0 Å². The highest BCUT2D eigenvalue weighted by Crippen LogP contribution is 1.92. The Morgan fingerprint density at radius 2 is 2.20 bits per heavy atom. The van der Waals surface area contributed by atoms with Gasteiger partial charge in [-0.3, -0.25) is 4.18 Å². The molecule has 1 N–H and O–H groups in total. The van der Waals surface area contributed by atoms with Crippen LogP contribution < -0.4 is 0 Å². The lowest BCUT2D eigenvalue weighted by Gasteiger charge is -2.04. The van der Waals surface area contributed by atoms with Crippen molar-refractivity contribution in [2.75, 3.05) is 18.7 Å². The quantitative estimate of drug-likeness (QED) is 0.480. The minimum Gasteiger partial charge on any atom is -0.389 e. The van der Waals surface area contributed by atoms with Crippen molar-refractivity contribution in [3.05, 3.63) is 0 Å². The predicted octanol–water partition coefficient (Wildman–Crippen LogP) is -0.438. The number of hydrogen-bond acceptors (Lipinski definition) is 4. The van der Waals surface area contributed by atoms with Crippen LogP contribution in [0.25, 0.3) is 0 Å². The summed E-state index contributed by atoms with van der Waals surface area (Å²) < 4.78 is 24.8. The SMILES string of the molecule is CS(=O)(=O)OC[C@@H](O)CCl. The molecule has 0 fully saturated rings. The van der Waals surface area contributed by atoms with Crippen LogP contribution in [-0.4, -0.2) is 38.4 Å². The molecular formula is C4H9ClO4S. The molecule has 4 nitrogen and oxygen atoms in total. The zero-order chi connectivity index (χ0) is 8.20. The second-order valence-corrected chi connectivity index (χ2v) is 3.75. The molecule has 0 aliphatic rings. The average Bonchev–Trinajstić information content (AvgIpc) is 1.81. The van der Waals surface area contributed by atoms with E-state index in [-0.39, 0.29) is 12.5 Å². The highest BCUT2D eigenvalue weighted by Gasteiger charge is 2.06. The molecule has 0 heterocycles. The number of hydrogen-bond donors (Lipinski definition) is 1. The van der Waals surface area contributed by atoms with Gasteiger partial charge in [0.25, 0.3) is 10.1 Å². The molecule has 0 spiro atoms. The van der Waals surface area contributed by atoms with Crippen LogP contribution in [0.15, 0.2) is 0 Å². The van der Waals surface area contributed by atoms with Gasteiger partial charge in [0, 0.05) is 0 Å². The molecule has 0 saturated heterocycles. The first-order chi connectivity index (χ1) is 4.45. The number of rotatable bonds is 4. The van der Waals surface area contributed by atoms with E-state index in [1.54, 1.807) is 0 Å². The summed E-state index contributed by atoms with van der Waals surface area (Å²) in [5.74, 6) is -0.0322. The number of halogens is 1. The van der Waals surface area contributed by atoms with E-state index < -0.39 is 16.2 Å². The van der Waals surface area contributed by atoms with Gasteiger partial charge in [0.05, 0.1) is 24.8 Å². The van der Waals surface area contributed by atoms with Crippen molar-refractivity contribution in [2.45, 2.75) is 6.10 Å². The Kier molecular flexibility index (Phi) is 4.19. The van der Waals surface area contributed by atoms with Crippen molar-refractivity contribution in [3.8, 4) is 0 Å². The van der Waals surface area contributed by atoms with Gasteiger partial charge in [-0.05, 0) is 0 Å². The maximum Gasteiger partial charge on any atom is 0.264 e. The van der Waals surface area contributed by atoms with E-state index in [1.807, 2.05) is 0 Å². The third-order valence-corrected chi connectivity index (χ3v) is 1.57. The topological polar surface area (TPSA) is 63.6 Å². The van der Waals surface area contributed by atoms with E-state index in [9.17, 15) is 8.42 Å².